The fourth-order valence-electron chi connectivity index (χ4n) is 2.60. The number of carbonyl (C=O) groups excluding carboxylic acids is 1. The van der Waals surface area contributed by atoms with E-state index in [1.165, 1.54) is 7.05 Å². The minimum absolute atomic E-state index is 0.487. The van der Waals surface area contributed by atoms with Gasteiger partial charge in [0.1, 0.15) is 10.1 Å². The summed E-state index contributed by atoms with van der Waals surface area (Å²) in [6, 6.07) is 13.1. The van der Waals surface area contributed by atoms with Gasteiger partial charge in [-0.05, 0) is 48.1 Å². The molecule has 7 nitrogen and oxygen atoms in total. The zero-order chi connectivity index (χ0) is 21.4. The molecule has 2 amide bonds. The molecule has 0 bridgehead atoms. The fourth-order valence-corrected chi connectivity index (χ4v) is 4.24. The maximum atomic E-state index is 12.2. The molecule has 0 saturated heterocycles. The van der Waals surface area contributed by atoms with Gasteiger partial charge in [-0.25, -0.2) is 21.5 Å². The Morgan fingerprint density at radius 2 is 1.93 bits per heavy atom. The molecule has 4 N–H and O–H groups in total. The van der Waals surface area contributed by atoms with Crippen LogP contribution in [0.25, 0.3) is 0 Å². The molecule has 0 unspecified atom stereocenters. The van der Waals surface area contributed by atoms with Crippen molar-refractivity contribution < 1.29 is 9.53 Å². The van der Waals surface area contributed by atoms with Crippen molar-refractivity contribution >= 4 is 39.6 Å². The number of hydrogen-bond acceptors (Lipinski definition) is 7. The van der Waals surface area contributed by atoms with Gasteiger partial charge in [0, 0.05) is 12.8 Å². The number of nitrogens with zero attached hydrogens (tertiary/aromatic N) is 3. The lowest BCUT2D eigenvalue weighted by molar-refractivity contribution is 0.216. The van der Waals surface area contributed by atoms with Gasteiger partial charge in [0.25, 0.3) is 0 Å². The second-order valence-corrected chi connectivity index (χ2v) is 8.28. The fraction of sp³-hybridized carbons (Fsp3) is 0.300. The molecule has 0 aliphatic heterocycles. The summed E-state index contributed by atoms with van der Waals surface area (Å²) in [5.74, 6) is 13.0. The molecule has 0 aliphatic carbocycles. The van der Waals surface area contributed by atoms with Gasteiger partial charge < -0.3 is 4.74 Å². The maximum absolute atomic E-state index is 12.2. The van der Waals surface area contributed by atoms with Gasteiger partial charge in [-0.1, -0.05) is 36.0 Å². The molecular weight excluding hydrogens is 406 g/mol. The Morgan fingerprint density at radius 3 is 2.59 bits per heavy atom. The standard InChI is InChI=1S/C20H27N5O2S2/c1-14-7-5-10-18(25(22)20(26)24(2)21)17(14)13-29-19(28-4)23-12-15-8-6-9-16(11-15)27-3/h5-11H,12-13,21-22H2,1-4H3/b23-19-. The SMILES string of the molecule is COc1cccc(C/N=C(/SC)SCc2c(C)cccc2N(N)C(=O)N(C)N)c1. The van der Waals surface area contributed by atoms with Crippen molar-refractivity contribution in [3.63, 3.8) is 0 Å². The van der Waals surface area contributed by atoms with E-state index in [1.54, 1.807) is 30.6 Å². The molecule has 0 heterocycles. The second kappa shape index (κ2) is 11.1. The molecule has 0 aliphatic rings. The first-order chi connectivity index (χ1) is 13.9. The minimum Gasteiger partial charge on any atom is -0.497 e. The third-order valence-corrected chi connectivity index (χ3v) is 6.33. The molecule has 0 radical (unpaired) electrons. The number of aryl methyl sites for hydroxylation is 1. The number of nitrogens with two attached hydrogens (primary N) is 2. The Kier molecular flexibility index (Phi) is 8.84. The normalized spacial score (nSPS) is 11.3. The van der Waals surface area contributed by atoms with Crippen molar-refractivity contribution in [1.29, 1.82) is 0 Å². The highest BCUT2D eigenvalue weighted by Gasteiger charge is 2.19. The summed E-state index contributed by atoms with van der Waals surface area (Å²) >= 11 is 3.20. The van der Waals surface area contributed by atoms with Crippen molar-refractivity contribution in [1.82, 2.24) is 5.01 Å². The number of thioether (sulfide) groups is 2. The van der Waals surface area contributed by atoms with E-state index in [4.69, 9.17) is 21.4 Å². The quantitative estimate of drug-likeness (QED) is 0.237. The molecule has 2 aromatic rings. The molecule has 2 rings (SSSR count). The van der Waals surface area contributed by atoms with E-state index in [0.29, 0.717) is 18.0 Å². The van der Waals surface area contributed by atoms with Crippen LogP contribution in [0.1, 0.15) is 16.7 Å². The lowest BCUT2D eigenvalue weighted by Crippen LogP contribution is -2.49. The van der Waals surface area contributed by atoms with Gasteiger partial charge in [-0.2, -0.15) is 0 Å². The van der Waals surface area contributed by atoms with Crippen molar-refractivity contribution in [2.45, 2.75) is 19.2 Å². The predicted octanol–water partition coefficient (Wildman–Crippen LogP) is 3.76. The van der Waals surface area contributed by atoms with E-state index in [-0.39, 0.29) is 0 Å². The van der Waals surface area contributed by atoms with Crippen molar-refractivity contribution in [3.8, 4) is 5.75 Å². The van der Waals surface area contributed by atoms with E-state index in [2.05, 4.69) is 0 Å². The number of benzene rings is 2. The number of ether oxygens (including phenoxy) is 1. The number of carbonyl (C=O) groups is 1. The number of aliphatic imine (C=N–C) groups is 1. The first kappa shape index (κ1) is 23.1. The van der Waals surface area contributed by atoms with E-state index in [1.807, 2.05) is 55.6 Å². The third-order valence-electron chi connectivity index (χ3n) is 4.19. The van der Waals surface area contributed by atoms with E-state index >= 15 is 0 Å². The first-order valence-electron chi connectivity index (χ1n) is 8.87. The van der Waals surface area contributed by atoms with Crippen LogP contribution in [0.3, 0.4) is 0 Å². The van der Waals surface area contributed by atoms with Gasteiger partial charge in [0.05, 0.1) is 19.3 Å². The van der Waals surface area contributed by atoms with Crippen molar-refractivity contribution in [2.24, 2.45) is 16.7 Å². The van der Waals surface area contributed by atoms with Crippen LogP contribution in [0, 0.1) is 6.92 Å². The molecule has 0 spiro atoms. The summed E-state index contributed by atoms with van der Waals surface area (Å²) in [5.41, 5.74) is 3.73. The summed E-state index contributed by atoms with van der Waals surface area (Å²) < 4.78 is 6.21. The summed E-state index contributed by atoms with van der Waals surface area (Å²) in [4.78, 5) is 16.9. The molecule has 0 saturated carbocycles. The summed E-state index contributed by atoms with van der Waals surface area (Å²) in [5, 5.41) is 2.04. The summed E-state index contributed by atoms with van der Waals surface area (Å²) in [6.45, 7) is 2.57. The number of methoxy groups -OCH3 is 1. The Labute approximate surface area is 180 Å². The highest BCUT2D eigenvalue weighted by atomic mass is 32.2. The third kappa shape index (κ3) is 6.40. The predicted molar refractivity (Wildman–Crippen MR) is 124 cm³/mol. The lowest BCUT2D eigenvalue weighted by atomic mass is 10.1. The largest absolute Gasteiger partial charge is 0.497 e. The molecule has 0 aromatic heterocycles. The minimum atomic E-state index is -0.487. The molecule has 29 heavy (non-hydrogen) atoms. The van der Waals surface area contributed by atoms with Crippen LogP contribution in [0.2, 0.25) is 0 Å². The van der Waals surface area contributed by atoms with Crippen LogP contribution in [0.15, 0.2) is 47.5 Å². The van der Waals surface area contributed by atoms with Gasteiger partial charge in [0.15, 0.2) is 0 Å². The van der Waals surface area contributed by atoms with Crippen LogP contribution < -0.4 is 21.4 Å². The Hall–Kier alpha value is -2.20. The zero-order valence-corrected chi connectivity index (χ0v) is 18.7. The lowest BCUT2D eigenvalue weighted by Gasteiger charge is -2.24. The Morgan fingerprint density at radius 1 is 1.21 bits per heavy atom. The van der Waals surface area contributed by atoms with Gasteiger partial charge in [0.2, 0.25) is 0 Å². The Bertz CT molecular complexity index is 874. The zero-order valence-electron chi connectivity index (χ0n) is 17.1. The highest BCUT2D eigenvalue weighted by Crippen LogP contribution is 2.29. The number of hydrazine groups is 2. The first-order valence-corrected chi connectivity index (χ1v) is 11.1. The average molecular weight is 434 g/mol. The van der Waals surface area contributed by atoms with E-state index < -0.39 is 6.03 Å². The van der Waals surface area contributed by atoms with Crippen LogP contribution in [0.4, 0.5) is 10.5 Å². The number of amides is 2. The van der Waals surface area contributed by atoms with Crippen LogP contribution in [-0.2, 0) is 12.3 Å². The monoisotopic (exact) mass is 433 g/mol. The van der Waals surface area contributed by atoms with Crippen LogP contribution in [0.5, 0.6) is 5.75 Å². The second-order valence-electron chi connectivity index (χ2n) is 6.26. The molecule has 0 fully saturated rings. The molecule has 0 atom stereocenters. The maximum Gasteiger partial charge on any atom is 0.352 e. The number of anilines is 1. The highest BCUT2D eigenvalue weighted by molar-refractivity contribution is 8.38. The van der Waals surface area contributed by atoms with Crippen LogP contribution in [-0.4, -0.2) is 35.8 Å². The number of urea groups is 1. The van der Waals surface area contributed by atoms with Gasteiger partial charge in [-0.15, -0.1) is 11.8 Å². The Balaban J connectivity index is 2.15. The van der Waals surface area contributed by atoms with Crippen molar-refractivity contribution in [2.75, 3.05) is 25.4 Å². The van der Waals surface area contributed by atoms with Crippen molar-refractivity contribution in [3.05, 3.63) is 59.2 Å². The molecular formula is C20H27N5O2S2. The van der Waals surface area contributed by atoms with Crippen LogP contribution >= 0.6 is 23.5 Å². The average Bonchev–Trinajstić information content (AvgIpc) is 2.73. The summed E-state index contributed by atoms with van der Waals surface area (Å²) in [6.07, 6.45) is 2.00. The van der Waals surface area contributed by atoms with Gasteiger partial charge >= 0.3 is 6.03 Å². The smallest absolute Gasteiger partial charge is 0.352 e. The van der Waals surface area contributed by atoms with E-state index in [0.717, 1.165) is 36.8 Å². The van der Waals surface area contributed by atoms with E-state index in [9.17, 15) is 4.79 Å². The summed E-state index contributed by atoms with van der Waals surface area (Å²) in [7, 11) is 3.11. The molecule has 156 valence electrons. The number of rotatable bonds is 6. The topological polar surface area (TPSA) is 97.2 Å². The van der Waals surface area contributed by atoms with Gasteiger partial charge in [-0.3, -0.25) is 10.0 Å². The molecule has 9 heteroatoms. The number of hydrogen-bond donors (Lipinski definition) is 2. The molecule has 2 aromatic carbocycles.